The Bertz CT molecular complexity index is 1050. The minimum Gasteiger partial charge on any atom is -0.484 e. The summed E-state index contributed by atoms with van der Waals surface area (Å²) >= 11 is 11.8. The van der Waals surface area contributed by atoms with Gasteiger partial charge in [0.25, 0.3) is 5.91 Å². The van der Waals surface area contributed by atoms with Gasteiger partial charge in [-0.15, -0.1) is 0 Å². The molecule has 2 aromatic carbocycles. The SMILES string of the molecule is Cc1cc(Cl)ccc1OCC(=O)NCCNC(=O)c1nc(-c2cccc(Cl)c2)no1. The zero-order chi connectivity index (χ0) is 21.5. The summed E-state index contributed by atoms with van der Waals surface area (Å²) in [5.74, 6) is -0.212. The van der Waals surface area contributed by atoms with Gasteiger partial charge >= 0.3 is 11.8 Å². The lowest BCUT2D eigenvalue weighted by atomic mass is 10.2. The van der Waals surface area contributed by atoms with Crippen molar-refractivity contribution >= 4 is 35.0 Å². The third-order valence-electron chi connectivity index (χ3n) is 3.93. The quantitative estimate of drug-likeness (QED) is 0.512. The van der Waals surface area contributed by atoms with Crippen molar-refractivity contribution in [1.29, 1.82) is 0 Å². The van der Waals surface area contributed by atoms with E-state index in [2.05, 4.69) is 20.8 Å². The zero-order valence-electron chi connectivity index (χ0n) is 15.9. The topological polar surface area (TPSA) is 106 Å². The molecule has 1 heterocycles. The van der Waals surface area contributed by atoms with Crippen LogP contribution in [0, 0.1) is 6.92 Å². The molecule has 3 rings (SSSR count). The zero-order valence-corrected chi connectivity index (χ0v) is 17.5. The summed E-state index contributed by atoms with van der Waals surface area (Å²) in [6.45, 7) is 2.08. The Hall–Kier alpha value is -3.10. The lowest BCUT2D eigenvalue weighted by Gasteiger charge is -2.10. The number of ether oxygens (including phenoxy) is 1. The molecule has 3 aromatic rings. The van der Waals surface area contributed by atoms with Gasteiger partial charge in [0.05, 0.1) is 0 Å². The molecular weight excluding hydrogens is 431 g/mol. The number of amides is 2. The number of hydrogen-bond donors (Lipinski definition) is 2. The van der Waals surface area contributed by atoms with E-state index < -0.39 is 5.91 Å². The van der Waals surface area contributed by atoms with Crippen molar-refractivity contribution < 1.29 is 18.8 Å². The van der Waals surface area contributed by atoms with E-state index in [4.69, 9.17) is 32.5 Å². The van der Waals surface area contributed by atoms with E-state index in [1.54, 1.807) is 42.5 Å². The van der Waals surface area contributed by atoms with Crippen molar-refractivity contribution in [1.82, 2.24) is 20.8 Å². The van der Waals surface area contributed by atoms with Crippen LogP contribution in [0.15, 0.2) is 47.0 Å². The fourth-order valence-electron chi connectivity index (χ4n) is 2.48. The number of aromatic nitrogens is 2. The molecule has 0 radical (unpaired) electrons. The standard InChI is InChI=1S/C20H18Cl2N4O4/c1-12-9-15(22)5-6-16(12)29-11-17(27)23-7-8-24-19(28)20-25-18(26-30-20)13-3-2-4-14(21)10-13/h2-6,9-10H,7-8,11H2,1H3,(H,23,27)(H,24,28). The Labute approximate surface area is 182 Å². The van der Waals surface area contributed by atoms with Crippen molar-refractivity contribution in [2.45, 2.75) is 6.92 Å². The fraction of sp³-hybridized carbons (Fsp3) is 0.200. The van der Waals surface area contributed by atoms with Crippen LogP contribution in [0.3, 0.4) is 0 Å². The maximum Gasteiger partial charge on any atom is 0.316 e. The molecule has 0 atom stereocenters. The molecule has 0 bridgehead atoms. The highest BCUT2D eigenvalue weighted by atomic mass is 35.5. The van der Waals surface area contributed by atoms with Crippen molar-refractivity contribution in [3.63, 3.8) is 0 Å². The molecule has 0 saturated heterocycles. The number of rotatable bonds is 8. The van der Waals surface area contributed by atoms with Gasteiger partial charge in [-0.1, -0.05) is 40.5 Å². The fourth-order valence-corrected chi connectivity index (χ4v) is 2.90. The Kier molecular flexibility index (Phi) is 7.26. The smallest absolute Gasteiger partial charge is 0.316 e. The second-order valence-electron chi connectivity index (χ2n) is 6.24. The summed E-state index contributed by atoms with van der Waals surface area (Å²) in [4.78, 5) is 28.0. The normalized spacial score (nSPS) is 10.5. The number of halogens is 2. The van der Waals surface area contributed by atoms with Crippen molar-refractivity contribution in [3.05, 3.63) is 64.0 Å². The molecular formula is C20H18Cl2N4O4. The van der Waals surface area contributed by atoms with Gasteiger partial charge in [0, 0.05) is 28.7 Å². The maximum absolute atomic E-state index is 12.1. The monoisotopic (exact) mass is 448 g/mol. The molecule has 2 amide bonds. The second-order valence-corrected chi connectivity index (χ2v) is 7.11. The minimum absolute atomic E-state index is 0.150. The number of aryl methyl sites for hydroxylation is 1. The first-order valence-corrected chi connectivity index (χ1v) is 9.71. The molecule has 2 N–H and O–H groups in total. The van der Waals surface area contributed by atoms with Gasteiger partial charge in [0.2, 0.25) is 5.82 Å². The van der Waals surface area contributed by atoms with Crippen LogP contribution in [0.25, 0.3) is 11.4 Å². The largest absolute Gasteiger partial charge is 0.484 e. The van der Waals surface area contributed by atoms with E-state index in [0.29, 0.717) is 21.4 Å². The summed E-state index contributed by atoms with van der Waals surface area (Å²) < 4.78 is 10.4. The summed E-state index contributed by atoms with van der Waals surface area (Å²) in [6.07, 6.45) is 0. The molecule has 0 spiro atoms. The lowest BCUT2D eigenvalue weighted by Crippen LogP contribution is -2.36. The predicted molar refractivity (Wildman–Crippen MR) is 112 cm³/mol. The number of nitrogens with zero attached hydrogens (tertiary/aromatic N) is 2. The van der Waals surface area contributed by atoms with Gasteiger partial charge in [-0.05, 0) is 42.8 Å². The molecule has 156 valence electrons. The average molecular weight is 449 g/mol. The molecule has 1 aromatic heterocycles. The van der Waals surface area contributed by atoms with Crippen molar-refractivity contribution in [2.24, 2.45) is 0 Å². The van der Waals surface area contributed by atoms with Crippen LogP contribution >= 0.6 is 23.2 Å². The molecule has 0 fully saturated rings. The highest BCUT2D eigenvalue weighted by Gasteiger charge is 2.16. The molecule has 0 unspecified atom stereocenters. The Morgan fingerprint density at radius 1 is 1.07 bits per heavy atom. The van der Waals surface area contributed by atoms with Crippen LogP contribution in [0.4, 0.5) is 0 Å². The highest BCUT2D eigenvalue weighted by molar-refractivity contribution is 6.31. The molecule has 30 heavy (non-hydrogen) atoms. The second kappa shape index (κ2) is 10.1. The summed E-state index contributed by atoms with van der Waals surface area (Å²) in [7, 11) is 0. The summed E-state index contributed by atoms with van der Waals surface area (Å²) in [6, 6.07) is 12.0. The molecule has 0 saturated carbocycles. The van der Waals surface area contributed by atoms with Crippen LogP contribution in [0.1, 0.15) is 16.2 Å². The third kappa shape index (κ3) is 5.95. The van der Waals surface area contributed by atoms with E-state index in [1.807, 2.05) is 6.92 Å². The third-order valence-corrected chi connectivity index (χ3v) is 4.40. The number of carbonyl (C=O) groups is 2. The summed E-state index contributed by atoms with van der Waals surface area (Å²) in [5, 5.41) is 10.1. The molecule has 0 aliphatic heterocycles. The van der Waals surface area contributed by atoms with Crippen LogP contribution in [-0.4, -0.2) is 41.7 Å². The van der Waals surface area contributed by atoms with Gasteiger partial charge < -0.3 is 19.9 Å². The molecule has 0 aliphatic carbocycles. The Balaban J connectivity index is 1.40. The summed E-state index contributed by atoms with van der Waals surface area (Å²) in [5.41, 5.74) is 1.47. The van der Waals surface area contributed by atoms with E-state index in [0.717, 1.165) is 5.56 Å². The van der Waals surface area contributed by atoms with Gasteiger partial charge in [0.15, 0.2) is 6.61 Å². The van der Waals surface area contributed by atoms with Gasteiger partial charge in [-0.3, -0.25) is 9.59 Å². The van der Waals surface area contributed by atoms with Crippen LogP contribution < -0.4 is 15.4 Å². The van der Waals surface area contributed by atoms with Crippen LogP contribution in [-0.2, 0) is 4.79 Å². The van der Waals surface area contributed by atoms with Crippen molar-refractivity contribution in [3.8, 4) is 17.1 Å². The first-order chi connectivity index (χ1) is 14.4. The number of carbonyl (C=O) groups excluding carboxylic acids is 2. The van der Waals surface area contributed by atoms with E-state index in [1.165, 1.54) is 0 Å². The van der Waals surface area contributed by atoms with Crippen molar-refractivity contribution in [2.75, 3.05) is 19.7 Å². The predicted octanol–water partition coefficient (Wildman–Crippen LogP) is 3.28. The lowest BCUT2D eigenvalue weighted by molar-refractivity contribution is -0.123. The van der Waals surface area contributed by atoms with E-state index >= 15 is 0 Å². The Morgan fingerprint density at radius 3 is 2.60 bits per heavy atom. The van der Waals surface area contributed by atoms with Gasteiger partial charge in [0.1, 0.15) is 5.75 Å². The van der Waals surface area contributed by atoms with Crippen LogP contribution in [0.2, 0.25) is 10.0 Å². The number of benzene rings is 2. The maximum atomic E-state index is 12.1. The minimum atomic E-state index is -0.543. The molecule has 0 aliphatic rings. The van der Waals surface area contributed by atoms with Crippen LogP contribution in [0.5, 0.6) is 5.75 Å². The van der Waals surface area contributed by atoms with E-state index in [-0.39, 0.29) is 37.3 Å². The molecule has 8 nitrogen and oxygen atoms in total. The van der Waals surface area contributed by atoms with Gasteiger partial charge in [-0.25, -0.2) is 0 Å². The molecule has 10 heteroatoms. The first-order valence-electron chi connectivity index (χ1n) is 8.96. The van der Waals surface area contributed by atoms with E-state index in [9.17, 15) is 9.59 Å². The first kappa shape index (κ1) is 21.6. The van der Waals surface area contributed by atoms with Gasteiger partial charge in [-0.2, -0.15) is 4.98 Å². The number of nitrogens with one attached hydrogen (secondary N) is 2. The highest BCUT2D eigenvalue weighted by Crippen LogP contribution is 2.22. The Morgan fingerprint density at radius 2 is 1.83 bits per heavy atom. The average Bonchev–Trinajstić information content (AvgIpc) is 3.21. The number of hydrogen-bond acceptors (Lipinski definition) is 6.